The third-order valence-corrected chi connectivity index (χ3v) is 4.36. The number of halogens is 1. The van der Waals surface area contributed by atoms with Crippen LogP contribution in [-0.2, 0) is 0 Å². The second-order valence-electron chi connectivity index (χ2n) is 5.77. The summed E-state index contributed by atoms with van der Waals surface area (Å²) in [6.45, 7) is 7.16. The minimum atomic E-state index is 0.137. The molecule has 0 saturated carbocycles. The number of benzene rings is 1. The van der Waals surface area contributed by atoms with E-state index < -0.39 is 0 Å². The molecule has 3 nitrogen and oxygen atoms in total. The topological polar surface area (TPSA) is 32.3 Å². The summed E-state index contributed by atoms with van der Waals surface area (Å²) in [5.41, 5.74) is 0.769. The van der Waals surface area contributed by atoms with Gasteiger partial charge in [-0.25, -0.2) is 0 Å². The summed E-state index contributed by atoms with van der Waals surface area (Å²) in [5.74, 6) is 0.712. The molecule has 1 fully saturated rings. The molecule has 0 bridgehead atoms. The number of amides is 1. The Morgan fingerprint density at radius 2 is 2.10 bits per heavy atom. The van der Waals surface area contributed by atoms with Crippen LogP contribution < -0.4 is 5.32 Å². The molecule has 1 aliphatic heterocycles. The first-order valence-corrected chi connectivity index (χ1v) is 8.14. The summed E-state index contributed by atoms with van der Waals surface area (Å²) in [7, 11) is 0. The van der Waals surface area contributed by atoms with Crippen molar-refractivity contribution in [3.05, 3.63) is 34.3 Å². The molecule has 1 aromatic carbocycles. The molecule has 4 heteroatoms. The predicted molar refractivity (Wildman–Crippen MR) is 85.9 cm³/mol. The van der Waals surface area contributed by atoms with Gasteiger partial charge >= 0.3 is 0 Å². The number of rotatable bonds is 4. The van der Waals surface area contributed by atoms with Crippen molar-refractivity contribution < 1.29 is 4.79 Å². The second kappa shape index (κ2) is 7.23. The summed E-state index contributed by atoms with van der Waals surface area (Å²) in [6.07, 6.45) is 2.42. The van der Waals surface area contributed by atoms with E-state index >= 15 is 0 Å². The zero-order chi connectivity index (χ0) is 14.5. The van der Waals surface area contributed by atoms with Gasteiger partial charge in [0.15, 0.2) is 0 Å². The van der Waals surface area contributed by atoms with E-state index in [1.807, 2.05) is 29.2 Å². The van der Waals surface area contributed by atoms with Crippen molar-refractivity contribution in [1.29, 1.82) is 0 Å². The number of carbonyl (C=O) groups excluding carboxylic acids is 1. The Bertz CT molecular complexity index is 438. The molecule has 110 valence electrons. The van der Waals surface area contributed by atoms with Gasteiger partial charge in [0.2, 0.25) is 0 Å². The van der Waals surface area contributed by atoms with Crippen LogP contribution in [-0.4, -0.2) is 36.5 Å². The highest BCUT2D eigenvalue weighted by atomic mass is 79.9. The van der Waals surface area contributed by atoms with Crippen molar-refractivity contribution in [3.63, 3.8) is 0 Å². The molecular weight excluding hydrogens is 316 g/mol. The number of hydrogen-bond donors (Lipinski definition) is 1. The molecule has 0 aliphatic carbocycles. The van der Waals surface area contributed by atoms with Crippen LogP contribution in [0.2, 0.25) is 0 Å². The highest BCUT2D eigenvalue weighted by Crippen LogP contribution is 2.17. The summed E-state index contributed by atoms with van der Waals surface area (Å²) in [6, 6.07) is 7.86. The van der Waals surface area contributed by atoms with Gasteiger partial charge in [0.25, 0.3) is 5.91 Å². The fraction of sp³-hybridized carbons (Fsp3) is 0.562. The lowest BCUT2D eigenvalue weighted by Crippen LogP contribution is -2.44. The number of nitrogens with zero attached hydrogens (tertiary/aromatic N) is 1. The molecule has 1 N–H and O–H groups in total. The average molecular weight is 339 g/mol. The minimum absolute atomic E-state index is 0.137. The van der Waals surface area contributed by atoms with E-state index in [1.165, 1.54) is 12.8 Å². The number of piperidine rings is 1. The highest BCUT2D eigenvalue weighted by Gasteiger charge is 2.23. The maximum absolute atomic E-state index is 12.7. The Morgan fingerprint density at radius 3 is 2.65 bits per heavy atom. The molecule has 2 rings (SSSR count). The fourth-order valence-corrected chi connectivity index (χ4v) is 2.91. The lowest BCUT2D eigenvalue weighted by molar-refractivity contribution is 0.0661. The first kappa shape index (κ1) is 15.5. The normalized spacial score (nSPS) is 19.1. The van der Waals surface area contributed by atoms with Gasteiger partial charge in [-0.05, 0) is 70.0 Å². The van der Waals surface area contributed by atoms with Crippen LogP contribution in [0.1, 0.15) is 37.0 Å². The Labute approximate surface area is 129 Å². The second-order valence-corrected chi connectivity index (χ2v) is 6.69. The van der Waals surface area contributed by atoms with Crippen LogP contribution in [0.15, 0.2) is 28.7 Å². The molecule has 1 saturated heterocycles. The zero-order valence-electron chi connectivity index (χ0n) is 12.2. The third kappa shape index (κ3) is 4.06. The summed E-state index contributed by atoms with van der Waals surface area (Å²) < 4.78 is 1.00. The van der Waals surface area contributed by atoms with Gasteiger partial charge < -0.3 is 10.2 Å². The molecule has 1 aliphatic rings. The van der Waals surface area contributed by atoms with E-state index in [4.69, 9.17) is 0 Å². The Kier molecular flexibility index (Phi) is 5.61. The van der Waals surface area contributed by atoms with E-state index in [1.54, 1.807) is 0 Å². The molecule has 1 heterocycles. The Balaban J connectivity index is 2.07. The van der Waals surface area contributed by atoms with Crippen molar-refractivity contribution in [2.75, 3.05) is 19.6 Å². The standard InChI is InChI=1S/C16H23BrN2O/c1-12(2)19(11-13-4-3-9-18-10-13)16(20)14-5-7-15(17)8-6-14/h5-8,12-13,18H,3-4,9-11H2,1-2H3. The fourth-order valence-electron chi connectivity index (χ4n) is 2.64. The van der Waals surface area contributed by atoms with Crippen LogP contribution in [0.3, 0.4) is 0 Å². The van der Waals surface area contributed by atoms with E-state index in [0.717, 1.165) is 29.7 Å². The van der Waals surface area contributed by atoms with Gasteiger partial charge in [-0.1, -0.05) is 15.9 Å². The van der Waals surface area contributed by atoms with E-state index in [9.17, 15) is 4.79 Å². The molecule has 1 aromatic rings. The Morgan fingerprint density at radius 1 is 1.40 bits per heavy atom. The smallest absolute Gasteiger partial charge is 0.254 e. The minimum Gasteiger partial charge on any atom is -0.336 e. The van der Waals surface area contributed by atoms with E-state index in [2.05, 4.69) is 35.1 Å². The molecule has 1 amide bonds. The van der Waals surface area contributed by atoms with Gasteiger partial charge in [-0.3, -0.25) is 4.79 Å². The molecule has 0 aromatic heterocycles. The lowest BCUT2D eigenvalue weighted by Gasteiger charge is -2.33. The van der Waals surface area contributed by atoms with Gasteiger partial charge in [0, 0.05) is 22.6 Å². The van der Waals surface area contributed by atoms with Crippen molar-refractivity contribution in [3.8, 4) is 0 Å². The predicted octanol–water partition coefficient (Wildman–Crippen LogP) is 3.30. The van der Waals surface area contributed by atoms with Crippen molar-refractivity contribution in [1.82, 2.24) is 10.2 Å². The van der Waals surface area contributed by atoms with Gasteiger partial charge in [0.1, 0.15) is 0 Å². The number of nitrogens with one attached hydrogen (secondary N) is 1. The summed E-state index contributed by atoms with van der Waals surface area (Å²) in [4.78, 5) is 14.7. The van der Waals surface area contributed by atoms with Crippen molar-refractivity contribution in [2.24, 2.45) is 5.92 Å². The first-order valence-electron chi connectivity index (χ1n) is 7.35. The zero-order valence-corrected chi connectivity index (χ0v) is 13.8. The lowest BCUT2D eigenvalue weighted by atomic mass is 9.98. The molecule has 0 spiro atoms. The van der Waals surface area contributed by atoms with Crippen LogP contribution in [0.5, 0.6) is 0 Å². The monoisotopic (exact) mass is 338 g/mol. The first-order chi connectivity index (χ1) is 9.58. The van der Waals surface area contributed by atoms with E-state index in [-0.39, 0.29) is 11.9 Å². The molecule has 1 atom stereocenters. The molecule has 1 unspecified atom stereocenters. The van der Waals surface area contributed by atoms with Crippen LogP contribution in [0.4, 0.5) is 0 Å². The van der Waals surface area contributed by atoms with Crippen LogP contribution in [0.25, 0.3) is 0 Å². The van der Waals surface area contributed by atoms with Crippen LogP contribution in [0, 0.1) is 5.92 Å². The van der Waals surface area contributed by atoms with Crippen LogP contribution >= 0.6 is 15.9 Å². The van der Waals surface area contributed by atoms with Gasteiger partial charge in [-0.2, -0.15) is 0 Å². The largest absolute Gasteiger partial charge is 0.336 e. The highest BCUT2D eigenvalue weighted by molar-refractivity contribution is 9.10. The maximum Gasteiger partial charge on any atom is 0.254 e. The average Bonchev–Trinajstić information content (AvgIpc) is 2.45. The molecule has 0 radical (unpaired) electrons. The van der Waals surface area contributed by atoms with Crippen molar-refractivity contribution >= 4 is 21.8 Å². The third-order valence-electron chi connectivity index (χ3n) is 3.83. The SMILES string of the molecule is CC(C)N(CC1CCCNC1)C(=O)c1ccc(Br)cc1. The number of hydrogen-bond acceptors (Lipinski definition) is 2. The van der Waals surface area contributed by atoms with Gasteiger partial charge in [-0.15, -0.1) is 0 Å². The maximum atomic E-state index is 12.7. The van der Waals surface area contributed by atoms with Crippen molar-refractivity contribution in [2.45, 2.75) is 32.7 Å². The Hall–Kier alpha value is -0.870. The molecule has 20 heavy (non-hydrogen) atoms. The van der Waals surface area contributed by atoms with Gasteiger partial charge in [0.05, 0.1) is 0 Å². The number of carbonyl (C=O) groups is 1. The summed E-state index contributed by atoms with van der Waals surface area (Å²) in [5, 5.41) is 3.42. The summed E-state index contributed by atoms with van der Waals surface area (Å²) >= 11 is 3.41. The molecular formula is C16H23BrN2O. The quantitative estimate of drug-likeness (QED) is 0.913. The van der Waals surface area contributed by atoms with E-state index in [0.29, 0.717) is 5.92 Å².